The number of aryl methyl sites for hydroxylation is 1. The molecule has 1 heterocycles. The molecule has 1 atom stereocenters. The smallest absolute Gasteiger partial charge is 0.260 e. The average molecular weight is 347 g/mol. The maximum atomic E-state index is 12.3. The molecule has 0 radical (unpaired) electrons. The van der Waals surface area contributed by atoms with Gasteiger partial charge in [0.15, 0.2) is 6.10 Å². The number of piperidine rings is 1. The third kappa shape index (κ3) is 6.03. The molecule has 0 bridgehead atoms. The summed E-state index contributed by atoms with van der Waals surface area (Å²) in [6.07, 6.45) is 3.06. The summed E-state index contributed by atoms with van der Waals surface area (Å²) >= 11 is 0. The summed E-state index contributed by atoms with van der Waals surface area (Å²) in [6.45, 7) is 11.2. The van der Waals surface area contributed by atoms with E-state index in [-0.39, 0.29) is 5.91 Å². The second-order valence-corrected chi connectivity index (χ2v) is 7.77. The summed E-state index contributed by atoms with van der Waals surface area (Å²) in [5.74, 6) is 1.96. The van der Waals surface area contributed by atoms with E-state index in [1.165, 1.54) is 31.5 Å². The first-order valence-electron chi connectivity index (χ1n) is 9.60. The molecule has 1 aliphatic rings. The molecule has 25 heavy (non-hydrogen) atoms. The van der Waals surface area contributed by atoms with E-state index in [1.54, 1.807) is 0 Å². The molecule has 1 N–H and O–H groups in total. The van der Waals surface area contributed by atoms with Crippen LogP contribution in [0.15, 0.2) is 18.2 Å². The zero-order valence-corrected chi connectivity index (χ0v) is 16.5. The number of benzene rings is 1. The second-order valence-electron chi connectivity index (χ2n) is 7.77. The number of ether oxygens (including phenoxy) is 1. The van der Waals surface area contributed by atoms with E-state index in [0.717, 1.165) is 30.2 Å². The van der Waals surface area contributed by atoms with Crippen molar-refractivity contribution in [3.8, 4) is 5.75 Å². The van der Waals surface area contributed by atoms with E-state index < -0.39 is 6.10 Å². The molecule has 1 aliphatic heterocycles. The Balaban J connectivity index is 1.79. The molecule has 0 aromatic heterocycles. The van der Waals surface area contributed by atoms with Crippen LogP contribution >= 0.6 is 0 Å². The van der Waals surface area contributed by atoms with Gasteiger partial charge in [-0.2, -0.15) is 0 Å². The van der Waals surface area contributed by atoms with Gasteiger partial charge in [0.1, 0.15) is 5.75 Å². The summed E-state index contributed by atoms with van der Waals surface area (Å²) < 4.78 is 5.94. The highest BCUT2D eigenvalue weighted by atomic mass is 16.5. The van der Waals surface area contributed by atoms with Crippen LogP contribution in [0.4, 0.5) is 0 Å². The maximum Gasteiger partial charge on any atom is 0.260 e. The molecule has 1 fully saturated rings. The number of likely N-dealkylation sites (tertiary alicyclic amines) is 1. The molecule has 140 valence electrons. The van der Waals surface area contributed by atoms with Crippen LogP contribution in [0.2, 0.25) is 0 Å². The highest BCUT2D eigenvalue weighted by molar-refractivity contribution is 5.80. The van der Waals surface area contributed by atoms with Crippen molar-refractivity contribution in [2.24, 2.45) is 5.92 Å². The number of rotatable bonds is 7. The Hall–Kier alpha value is -1.55. The van der Waals surface area contributed by atoms with Gasteiger partial charge in [0.2, 0.25) is 0 Å². The molecule has 4 heteroatoms. The largest absolute Gasteiger partial charge is 0.481 e. The standard InChI is InChI=1S/C21H34N2O2/c1-15(2)19-7-6-16(3)20(14-19)25-17(4)21(24)22-11-8-18-9-12-23(5)13-10-18/h6-7,14-15,17-18H,8-13H2,1-5H3,(H,22,24). The normalized spacial score (nSPS) is 17.5. The number of hydrogen-bond acceptors (Lipinski definition) is 3. The molecule has 1 aromatic carbocycles. The molecular formula is C21H34N2O2. The van der Waals surface area contributed by atoms with Crippen molar-refractivity contribution in [3.63, 3.8) is 0 Å². The van der Waals surface area contributed by atoms with Gasteiger partial charge in [-0.1, -0.05) is 26.0 Å². The van der Waals surface area contributed by atoms with Crippen LogP contribution in [-0.2, 0) is 4.79 Å². The molecule has 1 aromatic rings. The summed E-state index contributed by atoms with van der Waals surface area (Å²) in [6, 6.07) is 6.25. The fourth-order valence-corrected chi connectivity index (χ4v) is 3.24. The molecule has 0 saturated carbocycles. The van der Waals surface area contributed by atoms with Crippen molar-refractivity contribution in [2.75, 3.05) is 26.7 Å². The first kappa shape index (κ1) is 19.8. The van der Waals surface area contributed by atoms with Gasteiger partial charge in [-0.15, -0.1) is 0 Å². The van der Waals surface area contributed by atoms with Crippen molar-refractivity contribution in [1.82, 2.24) is 10.2 Å². The van der Waals surface area contributed by atoms with Crippen LogP contribution in [0.25, 0.3) is 0 Å². The minimum Gasteiger partial charge on any atom is -0.481 e. The fourth-order valence-electron chi connectivity index (χ4n) is 3.24. The minimum atomic E-state index is -0.474. The van der Waals surface area contributed by atoms with E-state index >= 15 is 0 Å². The minimum absolute atomic E-state index is 0.0257. The quantitative estimate of drug-likeness (QED) is 0.818. The van der Waals surface area contributed by atoms with Crippen molar-refractivity contribution in [2.45, 2.75) is 59.0 Å². The number of nitrogens with zero attached hydrogens (tertiary/aromatic N) is 1. The zero-order valence-electron chi connectivity index (χ0n) is 16.5. The van der Waals surface area contributed by atoms with E-state index in [9.17, 15) is 4.79 Å². The summed E-state index contributed by atoms with van der Waals surface area (Å²) in [5.41, 5.74) is 2.30. The Bertz CT molecular complexity index is 563. The van der Waals surface area contributed by atoms with Gasteiger partial charge in [0, 0.05) is 6.54 Å². The summed E-state index contributed by atoms with van der Waals surface area (Å²) in [4.78, 5) is 14.7. The molecule has 1 saturated heterocycles. The summed E-state index contributed by atoms with van der Waals surface area (Å²) in [5, 5.41) is 3.04. The Morgan fingerprint density at radius 1 is 1.28 bits per heavy atom. The molecule has 2 rings (SSSR count). The predicted molar refractivity (Wildman–Crippen MR) is 103 cm³/mol. The van der Waals surface area contributed by atoms with Gasteiger partial charge < -0.3 is 15.0 Å². The number of carbonyl (C=O) groups excluding carboxylic acids is 1. The Morgan fingerprint density at radius 3 is 2.60 bits per heavy atom. The Morgan fingerprint density at radius 2 is 1.96 bits per heavy atom. The lowest BCUT2D eigenvalue weighted by Gasteiger charge is -2.29. The molecule has 4 nitrogen and oxygen atoms in total. The zero-order chi connectivity index (χ0) is 18.4. The highest BCUT2D eigenvalue weighted by Gasteiger charge is 2.19. The van der Waals surface area contributed by atoms with Crippen LogP contribution in [-0.4, -0.2) is 43.6 Å². The average Bonchev–Trinajstić information content (AvgIpc) is 2.58. The van der Waals surface area contributed by atoms with Crippen LogP contribution in [0, 0.1) is 12.8 Å². The van der Waals surface area contributed by atoms with E-state index in [0.29, 0.717) is 5.92 Å². The van der Waals surface area contributed by atoms with Crippen molar-refractivity contribution < 1.29 is 9.53 Å². The molecule has 0 spiro atoms. The van der Waals surface area contributed by atoms with Gasteiger partial charge >= 0.3 is 0 Å². The fraction of sp³-hybridized carbons (Fsp3) is 0.667. The van der Waals surface area contributed by atoms with Gasteiger partial charge in [0.25, 0.3) is 5.91 Å². The number of carbonyl (C=O) groups is 1. The third-order valence-corrected chi connectivity index (χ3v) is 5.24. The van der Waals surface area contributed by atoms with Gasteiger partial charge in [-0.05, 0) is 82.3 Å². The van der Waals surface area contributed by atoms with E-state index in [2.05, 4.69) is 49.3 Å². The first-order chi connectivity index (χ1) is 11.9. The van der Waals surface area contributed by atoms with E-state index in [1.807, 2.05) is 13.8 Å². The molecule has 0 aliphatic carbocycles. The number of nitrogens with one attached hydrogen (secondary N) is 1. The lowest BCUT2D eigenvalue weighted by Crippen LogP contribution is -2.38. The van der Waals surface area contributed by atoms with Crippen LogP contribution in [0.1, 0.15) is 57.1 Å². The second kappa shape index (κ2) is 9.23. The van der Waals surface area contributed by atoms with Crippen LogP contribution < -0.4 is 10.1 Å². The lowest BCUT2D eigenvalue weighted by atomic mass is 9.94. The third-order valence-electron chi connectivity index (χ3n) is 5.24. The van der Waals surface area contributed by atoms with Gasteiger partial charge in [-0.25, -0.2) is 0 Å². The topological polar surface area (TPSA) is 41.6 Å². The number of amides is 1. The Kier molecular flexibility index (Phi) is 7.30. The number of hydrogen-bond donors (Lipinski definition) is 1. The van der Waals surface area contributed by atoms with Crippen molar-refractivity contribution in [1.29, 1.82) is 0 Å². The Labute approximate surface area is 152 Å². The van der Waals surface area contributed by atoms with Crippen LogP contribution in [0.3, 0.4) is 0 Å². The maximum absolute atomic E-state index is 12.3. The monoisotopic (exact) mass is 346 g/mol. The van der Waals surface area contributed by atoms with Crippen molar-refractivity contribution in [3.05, 3.63) is 29.3 Å². The molecular weight excluding hydrogens is 312 g/mol. The lowest BCUT2D eigenvalue weighted by molar-refractivity contribution is -0.127. The molecule has 1 amide bonds. The van der Waals surface area contributed by atoms with Gasteiger partial charge in [0.05, 0.1) is 0 Å². The highest BCUT2D eigenvalue weighted by Crippen LogP contribution is 2.25. The SMILES string of the molecule is Cc1ccc(C(C)C)cc1OC(C)C(=O)NCCC1CCN(C)CC1. The van der Waals surface area contributed by atoms with Crippen LogP contribution in [0.5, 0.6) is 5.75 Å². The molecule has 1 unspecified atom stereocenters. The van der Waals surface area contributed by atoms with Crippen molar-refractivity contribution >= 4 is 5.91 Å². The predicted octanol–water partition coefficient (Wildman–Crippen LogP) is 3.73. The van der Waals surface area contributed by atoms with E-state index in [4.69, 9.17) is 4.74 Å². The summed E-state index contributed by atoms with van der Waals surface area (Å²) in [7, 11) is 2.17. The first-order valence-corrected chi connectivity index (χ1v) is 9.60. The van der Waals surface area contributed by atoms with Gasteiger partial charge in [-0.3, -0.25) is 4.79 Å².